The van der Waals surface area contributed by atoms with Crippen LogP contribution in [0, 0.1) is 13.8 Å². The van der Waals surface area contributed by atoms with E-state index in [0.717, 1.165) is 33.5 Å². The van der Waals surface area contributed by atoms with Crippen molar-refractivity contribution in [3.05, 3.63) is 95.2 Å². The molecule has 1 heterocycles. The second-order valence-electron chi connectivity index (χ2n) is 6.78. The van der Waals surface area contributed by atoms with Crippen LogP contribution in [0.1, 0.15) is 27.2 Å². The standard InChI is InChI=1S/C24H21NO3/c1-16-12-13-17(2)21(14-16)25-24(26)23-20(15-27-18-8-4-3-5-9-18)19-10-6-7-11-22(19)28-23/h3-14H,15H2,1-2H3,(H,25,26). The highest BCUT2D eigenvalue weighted by atomic mass is 16.5. The van der Waals surface area contributed by atoms with Gasteiger partial charge >= 0.3 is 0 Å². The van der Waals surface area contributed by atoms with Crippen molar-refractivity contribution in [3.63, 3.8) is 0 Å². The number of benzene rings is 3. The lowest BCUT2D eigenvalue weighted by Gasteiger charge is -2.10. The molecule has 0 aliphatic carbocycles. The smallest absolute Gasteiger partial charge is 0.291 e. The van der Waals surface area contributed by atoms with E-state index in [9.17, 15) is 4.79 Å². The second kappa shape index (κ2) is 7.61. The molecule has 28 heavy (non-hydrogen) atoms. The topological polar surface area (TPSA) is 51.5 Å². The summed E-state index contributed by atoms with van der Waals surface area (Å²) < 4.78 is 11.8. The van der Waals surface area contributed by atoms with Gasteiger partial charge in [0, 0.05) is 16.6 Å². The summed E-state index contributed by atoms with van der Waals surface area (Å²) in [7, 11) is 0. The van der Waals surface area contributed by atoms with E-state index in [1.165, 1.54) is 0 Å². The summed E-state index contributed by atoms with van der Waals surface area (Å²) in [6, 6.07) is 23.1. The Morgan fingerprint density at radius 2 is 1.71 bits per heavy atom. The molecular weight excluding hydrogens is 350 g/mol. The van der Waals surface area contributed by atoms with Gasteiger partial charge in [0.2, 0.25) is 0 Å². The van der Waals surface area contributed by atoms with Gasteiger partial charge in [-0.2, -0.15) is 0 Å². The summed E-state index contributed by atoms with van der Waals surface area (Å²) >= 11 is 0. The molecule has 0 aliphatic heterocycles. The van der Waals surface area contributed by atoms with Crippen LogP contribution in [0.2, 0.25) is 0 Å². The first-order chi connectivity index (χ1) is 13.6. The van der Waals surface area contributed by atoms with Crippen LogP contribution in [0.15, 0.2) is 77.2 Å². The molecule has 1 N–H and O–H groups in total. The van der Waals surface area contributed by atoms with Crippen molar-refractivity contribution in [2.24, 2.45) is 0 Å². The molecule has 0 saturated heterocycles. The zero-order chi connectivity index (χ0) is 19.5. The summed E-state index contributed by atoms with van der Waals surface area (Å²) in [5.74, 6) is 0.739. The maximum absolute atomic E-state index is 13.0. The van der Waals surface area contributed by atoms with Crippen LogP contribution >= 0.6 is 0 Å². The first-order valence-electron chi connectivity index (χ1n) is 9.18. The summed E-state index contributed by atoms with van der Waals surface area (Å²) in [4.78, 5) is 13.0. The molecule has 0 fully saturated rings. The van der Waals surface area contributed by atoms with Gasteiger partial charge in [0.15, 0.2) is 5.76 Å². The van der Waals surface area contributed by atoms with Gasteiger partial charge in [0.1, 0.15) is 17.9 Å². The fourth-order valence-electron chi connectivity index (χ4n) is 3.15. The number of ether oxygens (including phenoxy) is 1. The molecular formula is C24H21NO3. The van der Waals surface area contributed by atoms with E-state index in [1.807, 2.05) is 86.6 Å². The fraction of sp³-hybridized carbons (Fsp3) is 0.125. The van der Waals surface area contributed by atoms with E-state index in [4.69, 9.17) is 9.15 Å². The van der Waals surface area contributed by atoms with Gasteiger partial charge < -0.3 is 14.5 Å². The average Bonchev–Trinajstić information content (AvgIpc) is 3.09. The molecule has 3 aromatic carbocycles. The van der Waals surface area contributed by atoms with E-state index in [0.29, 0.717) is 5.58 Å². The van der Waals surface area contributed by atoms with Gasteiger partial charge in [0.25, 0.3) is 5.91 Å². The molecule has 0 aliphatic rings. The number of anilines is 1. The zero-order valence-corrected chi connectivity index (χ0v) is 15.9. The van der Waals surface area contributed by atoms with Crippen LogP contribution < -0.4 is 10.1 Å². The Kier molecular flexibility index (Phi) is 4.85. The Labute approximate surface area is 163 Å². The lowest BCUT2D eigenvalue weighted by molar-refractivity contribution is 0.0995. The van der Waals surface area contributed by atoms with Crippen LogP contribution in [0.4, 0.5) is 5.69 Å². The van der Waals surface area contributed by atoms with Crippen molar-refractivity contribution in [1.29, 1.82) is 0 Å². The predicted octanol–water partition coefficient (Wildman–Crippen LogP) is 5.88. The first kappa shape index (κ1) is 17.9. The third-order valence-corrected chi connectivity index (χ3v) is 4.67. The minimum absolute atomic E-state index is 0.247. The normalized spacial score (nSPS) is 10.8. The predicted molar refractivity (Wildman–Crippen MR) is 111 cm³/mol. The number of amides is 1. The van der Waals surface area contributed by atoms with E-state index in [1.54, 1.807) is 0 Å². The molecule has 1 aromatic heterocycles. The number of hydrogen-bond donors (Lipinski definition) is 1. The van der Waals surface area contributed by atoms with E-state index >= 15 is 0 Å². The largest absolute Gasteiger partial charge is 0.489 e. The molecule has 140 valence electrons. The number of aryl methyl sites for hydroxylation is 2. The molecule has 0 bridgehead atoms. The third kappa shape index (κ3) is 3.62. The van der Waals surface area contributed by atoms with Crippen LogP contribution in [0.25, 0.3) is 11.0 Å². The molecule has 4 rings (SSSR count). The number of hydrogen-bond acceptors (Lipinski definition) is 3. The Balaban J connectivity index is 1.67. The molecule has 4 nitrogen and oxygen atoms in total. The number of nitrogens with one attached hydrogen (secondary N) is 1. The quantitative estimate of drug-likeness (QED) is 0.476. The number of furan rings is 1. The van der Waals surface area contributed by atoms with Gasteiger partial charge in [-0.1, -0.05) is 48.5 Å². The molecule has 0 radical (unpaired) electrons. The van der Waals surface area contributed by atoms with Crippen LogP contribution in [-0.4, -0.2) is 5.91 Å². The molecule has 1 amide bonds. The number of carbonyl (C=O) groups is 1. The van der Waals surface area contributed by atoms with Crippen LogP contribution in [-0.2, 0) is 6.61 Å². The minimum Gasteiger partial charge on any atom is -0.489 e. The van der Waals surface area contributed by atoms with Gasteiger partial charge in [-0.05, 0) is 49.2 Å². The zero-order valence-electron chi connectivity index (χ0n) is 15.9. The van der Waals surface area contributed by atoms with E-state index in [-0.39, 0.29) is 18.3 Å². The highest BCUT2D eigenvalue weighted by molar-refractivity contribution is 6.06. The van der Waals surface area contributed by atoms with Gasteiger partial charge in [-0.3, -0.25) is 4.79 Å². The first-order valence-corrected chi connectivity index (χ1v) is 9.18. The molecule has 4 heteroatoms. The average molecular weight is 371 g/mol. The summed E-state index contributed by atoms with van der Waals surface area (Å²) in [6.07, 6.45) is 0. The van der Waals surface area contributed by atoms with Gasteiger partial charge in [-0.25, -0.2) is 0 Å². The maximum atomic E-state index is 13.0. The summed E-state index contributed by atoms with van der Waals surface area (Å²) in [5.41, 5.74) is 4.26. The van der Waals surface area contributed by atoms with E-state index in [2.05, 4.69) is 5.32 Å². The number of carbonyl (C=O) groups excluding carboxylic acids is 1. The molecule has 0 unspecified atom stereocenters. The van der Waals surface area contributed by atoms with Crippen molar-refractivity contribution in [2.75, 3.05) is 5.32 Å². The lowest BCUT2D eigenvalue weighted by atomic mass is 10.1. The maximum Gasteiger partial charge on any atom is 0.291 e. The molecule has 0 saturated carbocycles. The molecule has 0 spiro atoms. The summed E-state index contributed by atoms with van der Waals surface area (Å²) in [5, 5.41) is 3.86. The Bertz CT molecular complexity index is 1130. The van der Waals surface area contributed by atoms with Crippen LogP contribution in [0.3, 0.4) is 0 Å². The minimum atomic E-state index is -0.281. The number of rotatable bonds is 5. The molecule has 0 atom stereocenters. The van der Waals surface area contributed by atoms with Crippen molar-refractivity contribution >= 4 is 22.6 Å². The summed E-state index contributed by atoms with van der Waals surface area (Å²) in [6.45, 7) is 4.21. The van der Waals surface area contributed by atoms with Crippen LogP contribution in [0.5, 0.6) is 5.75 Å². The Hall–Kier alpha value is -3.53. The lowest BCUT2D eigenvalue weighted by Crippen LogP contribution is -2.14. The highest BCUT2D eigenvalue weighted by Gasteiger charge is 2.21. The Morgan fingerprint density at radius 3 is 2.54 bits per heavy atom. The van der Waals surface area contributed by atoms with Crippen molar-refractivity contribution in [2.45, 2.75) is 20.5 Å². The second-order valence-corrected chi connectivity index (χ2v) is 6.78. The van der Waals surface area contributed by atoms with Crippen molar-refractivity contribution in [1.82, 2.24) is 0 Å². The van der Waals surface area contributed by atoms with Crippen molar-refractivity contribution < 1.29 is 13.9 Å². The number of fused-ring (bicyclic) bond motifs is 1. The van der Waals surface area contributed by atoms with E-state index < -0.39 is 0 Å². The SMILES string of the molecule is Cc1ccc(C)c(NC(=O)c2oc3ccccc3c2COc2ccccc2)c1. The monoisotopic (exact) mass is 371 g/mol. The molecule has 4 aromatic rings. The fourth-order valence-corrected chi connectivity index (χ4v) is 3.15. The highest BCUT2D eigenvalue weighted by Crippen LogP contribution is 2.28. The third-order valence-electron chi connectivity index (χ3n) is 4.67. The van der Waals surface area contributed by atoms with Crippen molar-refractivity contribution in [3.8, 4) is 5.75 Å². The Morgan fingerprint density at radius 1 is 0.964 bits per heavy atom. The van der Waals surface area contributed by atoms with Gasteiger partial charge in [-0.15, -0.1) is 0 Å². The number of para-hydroxylation sites is 2. The van der Waals surface area contributed by atoms with Gasteiger partial charge in [0.05, 0.1) is 0 Å².